The molecule has 4 aliphatic carbocycles. The van der Waals surface area contributed by atoms with Crippen LogP contribution in [0.15, 0.2) is 139 Å². The van der Waals surface area contributed by atoms with Crippen molar-refractivity contribution in [2.24, 2.45) is 34.8 Å². The molecule has 4 saturated carbocycles. The molecule has 4 aliphatic rings. The summed E-state index contributed by atoms with van der Waals surface area (Å²) in [6.07, 6.45) is 3.82. The number of hydrogen-bond acceptors (Lipinski definition) is 16. The Kier molecular flexibility index (Phi) is 33.6. The first-order chi connectivity index (χ1) is 40.5. The number of quaternary nitrogens is 1. The standard InChI is InChI=1S/C16H20F3NO5S.C12H10F3NO5S.C10H8F3NO3S.C10H16N.C5H6F3NO3S.Li.2Na/c1-9(2)12(21)25-15-6-10-3-11(7-15)5-14(4-10,8-15)13(22)20-26(23,24)16(17,18)19;1-7(2)11(18)21-9-5-3-8(4-6-9)10(17)16-22(19,20)12(13,14)15;1-2-7-3-5-8(6-4-7)9(15)14-18(16,17)10(11,12)13;1-11(2,3)9-10-7-5-4-6-8-10;1-3(2)4(10)9-13(11,12)5(6,7)8;;;/h10-11H,1,3-8H2,2H3,(H,20,22);3-6H,1H2,2H3,(H,16,17);2-6H,1H2,(H,14,15);4-8H,9H2,1-3H3;1H2,2H3,(H,9,10);;;/q;;;+1;;3*+1/p-4. The van der Waals surface area contributed by atoms with Gasteiger partial charge in [0.1, 0.15) is 17.9 Å². The van der Waals surface area contributed by atoms with Crippen molar-refractivity contribution in [2.45, 2.75) is 93.5 Å². The minimum atomic E-state index is -5.91. The number of nitrogens with zero attached hydrogens (tertiary/aromatic N) is 5. The zero-order chi connectivity index (χ0) is 69.8. The number of benzene rings is 3. The topological polar surface area (TPSA) is 331 Å². The van der Waals surface area contributed by atoms with Gasteiger partial charge in [-0.1, -0.05) is 99.1 Å². The molecule has 0 heterocycles. The summed E-state index contributed by atoms with van der Waals surface area (Å²) in [7, 11) is -16.7. The van der Waals surface area contributed by atoms with Gasteiger partial charge in [-0.05, 0) is 111 Å². The average molecular weight is 1430 g/mol. The molecule has 4 bridgehead atoms. The van der Waals surface area contributed by atoms with Gasteiger partial charge in [0, 0.05) is 39.8 Å². The second-order valence-electron chi connectivity index (χ2n) is 21.1. The third kappa shape index (κ3) is 27.5. The molecule has 2 unspecified atom stereocenters. The smallest absolute Gasteiger partial charge is 0.861 e. The summed E-state index contributed by atoms with van der Waals surface area (Å²) < 4.78 is 251. The predicted octanol–water partition coefficient (Wildman–Crippen LogP) is -2.46. The van der Waals surface area contributed by atoms with Crippen molar-refractivity contribution >= 4 is 81.7 Å². The fraction of sp³-hybridized carbons (Fsp3) is 0.396. The van der Waals surface area contributed by atoms with Crippen LogP contribution in [0.3, 0.4) is 0 Å². The number of ether oxygens (including phenoxy) is 2. The van der Waals surface area contributed by atoms with Crippen molar-refractivity contribution in [3.63, 3.8) is 0 Å². The van der Waals surface area contributed by atoms with Gasteiger partial charge in [-0.2, -0.15) is 104 Å². The molecule has 0 N–H and O–H groups in total. The van der Waals surface area contributed by atoms with Crippen molar-refractivity contribution in [1.82, 2.24) is 0 Å². The summed E-state index contributed by atoms with van der Waals surface area (Å²) in [6.45, 7) is 18.3. The molecule has 3 aromatic carbocycles. The minimum absolute atomic E-state index is 0. The number of carbonyl (C=O) groups is 2. The molecule has 0 spiro atoms. The fourth-order valence-corrected chi connectivity index (χ4v) is 10.4. The fourth-order valence-electron chi connectivity index (χ4n) is 8.51. The third-order valence-electron chi connectivity index (χ3n) is 12.0. The van der Waals surface area contributed by atoms with E-state index in [9.17, 15) is 116 Å². The Balaban J connectivity index is 0. The maximum absolute atomic E-state index is 12.6. The summed E-state index contributed by atoms with van der Waals surface area (Å²) in [5, 5.41) is 45.6. The Hall–Kier alpha value is -5.04. The number of rotatable bonds is 15. The van der Waals surface area contributed by atoms with Crippen LogP contribution in [-0.2, 0) is 61.0 Å². The molecule has 0 amide bonds. The zero-order valence-corrected chi connectivity index (χ0v) is 58.2. The van der Waals surface area contributed by atoms with Crippen molar-refractivity contribution < 1.29 is 208 Å². The molecule has 93 heavy (non-hydrogen) atoms. The molecule has 40 heteroatoms. The SMILES string of the molecule is C=C(C)C(=O)OC12CC3CC(C1)CC(C([O-])=NS(=O)(=O)C(F)(F)F)(C3)C2.C=C(C)C(=O)Oc1ccc(C([O-])=NS(=O)(=O)C(F)(F)F)cc1.C=C(C)C([O-])=NS(=O)(=O)C(F)(F)F.C=Cc1ccc(C([O-])=NS(=O)(=O)C(F)(F)F)cc1.C[N+](C)(C)Cc1ccccc1.[Li+].[Na+].[Na+]. The molecule has 0 aromatic heterocycles. The van der Waals surface area contributed by atoms with E-state index < -0.39 is 114 Å². The van der Waals surface area contributed by atoms with Crippen LogP contribution >= 0.6 is 0 Å². The van der Waals surface area contributed by atoms with Crippen LogP contribution in [0.5, 0.6) is 5.75 Å². The van der Waals surface area contributed by atoms with Crippen molar-refractivity contribution in [3.05, 3.63) is 144 Å². The van der Waals surface area contributed by atoms with E-state index in [-0.39, 0.29) is 137 Å². The Morgan fingerprint density at radius 3 is 1.28 bits per heavy atom. The largest absolute Gasteiger partial charge is 1.00 e. The molecule has 2 atom stereocenters. The zero-order valence-electron chi connectivity index (χ0n) is 51.0. The first kappa shape index (κ1) is 90.0. The van der Waals surface area contributed by atoms with Gasteiger partial charge >= 0.3 is 152 Å². The Bertz CT molecular complexity index is 3740. The van der Waals surface area contributed by atoms with Crippen molar-refractivity contribution in [1.29, 1.82) is 0 Å². The van der Waals surface area contributed by atoms with E-state index in [2.05, 4.69) is 91.0 Å². The second-order valence-corrected chi connectivity index (χ2v) is 27.5. The summed E-state index contributed by atoms with van der Waals surface area (Å²) in [4.78, 5) is 23.2. The molecule has 0 saturated heterocycles. The number of halogens is 12. The molecule has 3 aromatic rings. The maximum Gasteiger partial charge on any atom is 1.00 e. The second kappa shape index (κ2) is 34.8. The molecule has 4 fully saturated rings. The van der Waals surface area contributed by atoms with Gasteiger partial charge in [0.15, 0.2) is 0 Å². The number of carbonyl (C=O) groups excluding carboxylic acids is 2. The third-order valence-corrected chi connectivity index (χ3v) is 16.0. The number of alkyl halides is 12. The van der Waals surface area contributed by atoms with Crippen LogP contribution in [0.25, 0.3) is 6.08 Å². The van der Waals surface area contributed by atoms with Crippen LogP contribution in [0.1, 0.15) is 81.5 Å². The average Bonchev–Trinajstić information content (AvgIpc) is 0.716. The minimum Gasteiger partial charge on any atom is -0.861 e. The molecule has 7 rings (SSSR count). The normalized spacial score (nSPS) is 19.3. The van der Waals surface area contributed by atoms with Gasteiger partial charge in [-0.3, -0.25) is 0 Å². The summed E-state index contributed by atoms with van der Waals surface area (Å²) in [6, 6.07) is 19.8. The summed E-state index contributed by atoms with van der Waals surface area (Å²) in [5.74, 6) is -7.21. The van der Waals surface area contributed by atoms with Crippen LogP contribution in [0.4, 0.5) is 52.7 Å². The van der Waals surface area contributed by atoms with Crippen LogP contribution in [0, 0.1) is 17.3 Å². The van der Waals surface area contributed by atoms with Gasteiger partial charge in [0.05, 0.1) is 21.1 Å². The number of esters is 2. The quantitative estimate of drug-likeness (QED) is 0.0223. The predicted molar refractivity (Wildman–Crippen MR) is 295 cm³/mol. The van der Waals surface area contributed by atoms with Crippen molar-refractivity contribution in [2.75, 3.05) is 21.1 Å². The van der Waals surface area contributed by atoms with Crippen molar-refractivity contribution in [3.8, 4) is 5.75 Å². The van der Waals surface area contributed by atoms with E-state index in [1.165, 1.54) is 37.6 Å². The van der Waals surface area contributed by atoms with E-state index in [4.69, 9.17) is 9.47 Å². The van der Waals surface area contributed by atoms with E-state index >= 15 is 0 Å². The van der Waals surface area contributed by atoms with Gasteiger partial charge in [0.25, 0.3) is 0 Å². The Morgan fingerprint density at radius 1 is 0.570 bits per heavy atom. The number of hydrogen-bond donors (Lipinski definition) is 0. The summed E-state index contributed by atoms with van der Waals surface area (Å²) in [5.41, 5.74) is -23.4. The monoisotopic (exact) mass is 1430 g/mol. The molecular formula is C53H56F12LiN5Na2O16S4. The molecule has 500 valence electrons. The van der Waals surface area contributed by atoms with Crippen LogP contribution in [0.2, 0.25) is 0 Å². The Labute approximate surface area is 584 Å². The van der Waals surface area contributed by atoms with Crippen LogP contribution < -0.4 is 103 Å². The first-order valence-electron chi connectivity index (χ1n) is 25.0. The first-order valence-corrected chi connectivity index (χ1v) is 30.7. The van der Waals surface area contributed by atoms with E-state index in [0.29, 0.717) is 18.4 Å². The molecule has 0 radical (unpaired) electrons. The van der Waals surface area contributed by atoms with E-state index in [0.717, 1.165) is 60.8 Å². The van der Waals surface area contributed by atoms with Crippen LogP contribution in [-0.4, -0.2) is 122 Å². The molecular weight excluding hydrogens is 1370 g/mol. The van der Waals surface area contributed by atoms with Gasteiger partial charge in [-0.15, -0.1) is 0 Å². The Morgan fingerprint density at radius 2 is 0.935 bits per heavy atom. The maximum atomic E-state index is 12.6. The number of sulfonamides is 4. The van der Waals surface area contributed by atoms with Gasteiger partial charge in [0.2, 0.25) is 0 Å². The van der Waals surface area contributed by atoms with E-state index in [1.54, 1.807) is 0 Å². The van der Waals surface area contributed by atoms with E-state index in [1.807, 2.05) is 4.40 Å². The molecule has 21 nitrogen and oxygen atoms in total. The van der Waals surface area contributed by atoms with Gasteiger partial charge < -0.3 is 34.4 Å². The summed E-state index contributed by atoms with van der Waals surface area (Å²) >= 11 is 0. The van der Waals surface area contributed by atoms with Gasteiger partial charge in [-0.25, -0.2) is 9.59 Å². The molecule has 0 aliphatic heterocycles.